The first-order valence-corrected chi connectivity index (χ1v) is 6.30. The molecule has 1 aliphatic heterocycles. The van der Waals surface area contributed by atoms with Gasteiger partial charge in [0, 0.05) is 6.54 Å². The molecule has 1 fully saturated rings. The first-order valence-electron chi connectivity index (χ1n) is 6.30. The van der Waals surface area contributed by atoms with Crippen molar-refractivity contribution in [3.63, 3.8) is 0 Å². The highest BCUT2D eigenvalue weighted by molar-refractivity contribution is 5.73. The van der Waals surface area contributed by atoms with E-state index in [1.54, 1.807) is 12.1 Å². The Kier molecular flexibility index (Phi) is 3.97. The Morgan fingerprint density at radius 1 is 1.50 bits per heavy atom. The molecule has 4 heteroatoms. The van der Waals surface area contributed by atoms with Gasteiger partial charge in [-0.15, -0.1) is 0 Å². The van der Waals surface area contributed by atoms with E-state index >= 15 is 0 Å². The number of likely N-dealkylation sites (tertiary alicyclic amines) is 1. The fourth-order valence-electron chi connectivity index (χ4n) is 2.57. The van der Waals surface area contributed by atoms with Gasteiger partial charge in [-0.05, 0) is 43.0 Å². The van der Waals surface area contributed by atoms with Crippen LogP contribution in [0.2, 0.25) is 0 Å². The lowest BCUT2D eigenvalue weighted by Gasteiger charge is -2.24. The summed E-state index contributed by atoms with van der Waals surface area (Å²) >= 11 is 0. The summed E-state index contributed by atoms with van der Waals surface area (Å²) in [5, 5.41) is 9.11. The predicted octanol–water partition coefficient (Wildman–Crippen LogP) is 2.48. The molecule has 1 aromatic carbocycles. The number of benzene rings is 1. The molecule has 2 rings (SSSR count). The van der Waals surface area contributed by atoms with Crippen LogP contribution < -0.4 is 0 Å². The second-order valence-electron chi connectivity index (χ2n) is 4.94. The van der Waals surface area contributed by atoms with Crippen molar-refractivity contribution in [1.82, 2.24) is 4.90 Å². The maximum absolute atomic E-state index is 12.8. The van der Waals surface area contributed by atoms with Crippen LogP contribution >= 0.6 is 0 Å². The molecule has 2 atom stereocenters. The minimum absolute atomic E-state index is 0.213. The maximum atomic E-state index is 12.8. The third-order valence-corrected chi connectivity index (χ3v) is 3.60. The van der Waals surface area contributed by atoms with E-state index < -0.39 is 5.97 Å². The largest absolute Gasteiger partial charge is 0.480 e. The summed E-state index contributed by atoms with van der Waals surface area (Å²) in [6.45, 7) is 3.59. The second-order valence-corrected chi connectivity index (χ2v) is 4.94. The molecule has 0 spiro atoms. The van der Waals surface area contributed by atoms with Crippen LogP contribution in [0, 0.1) is 5.82 Å². The number of hydrogen-bond donors (Lipinski definition) is 1. The number of carboxylic acid groups (broad SMARTS) is 1. The zero-order chi connectivity index (χ0) is 13.1. The van der Waals surface area contributed by atoms with Gasteiger partial charge in [0.05, 0.1) is 0 Å². The third kappa shape index (κ3) is 2.88. The Morgan fingerprint density at radius 2 is 2.17 bits per heavy atom. The van der Waals surface area contributed by atoms with Gasteiger partial charge in [0.15, 0.2) is 0 Å². The Hall–Kier alpha value is -1.42. The van der Waals surface area contributed by atoms with Gasteiger partial charge in [0.2, 0.25) is 0 Å². The molecule has 0 saturated carbocycles. The normalized spacial score (nSPS) is 22.0. The highest BCUT2D eigenvalue weighted by Crippen LogP contribution is 2.23. The summed E-state index contributed by atoms with van der Waals surface area (Å²) in [5.74, 6) is -0.764. The Labute approximate surface area is 106 Å². The molecular weight excluding hydrogens is 233 g/mol. The number of carbonyl (C=O) groups is 1. The quantitative estimate of drug-likeness (QED) is 0.893. The van der Waals surface area contributed by atoms with Gasteiger partial charge in [0.25, 0.3) is 0 Å². The number of nitrogens with zero attached hydrogens (tertiary/aromatic N) is 1. The Bertz CT molecular complexity index is 418. The van der Waals surface area contributed by atoms with E-state index in [-0.39, 0.29) is 17.8 Å². The third-order valence-electron chi connectivity index (χ3n) is 3.60. The van der Waals surface area contributed by atoms with E-state index in [0.717, 1.165) is 24.9 Å². The van der Waals surface area contributed by atoms with Crippen LogP contribution in [0.5, 0.6) is 0 Å². The molecule has 0 aromatic heterocycles. The standard InChI is InChI=1S/C14H18FNO2/c1-10(11-4-6-12(15)7-5-11)9-16-8-2-3-13(16)14(17)18/h4-7,10,13H,2-3,8-9H2,1H3,(H,17,18)/t10?,13-/m0/s1. The number of hydrogen-bond acceptors (Lipinski definition) is 2. The number of aliphatic carboxylic acids is 1. The van der Waals surface area contributed by atoms with Crippen LogP contribution in [0.4, 0.5) is 4.39 Å². The van der Waals surface area contributed by atoms with Crippen molar-refractivity contribution in [3.8, 4) is 0 Å². The highest BCUT2D eigenvalue weighted by Gasteiger charge is 2.31. The summed E-state index contributed by atoms with van der Waals surface area (Å²) in [7, 11) is 0. The monoisotopic (exact) mass is 251 g/mol. The summed E-state index contributed by atoms with van der Waals surface area (Å²) in [6, 6.07) is 6.08. The van der Waals surface area contributed by atoms with Crippen LogP contribution in [0.1, 0.15) is 31.2 Å². The molecule has 18 heavy (non-hydrogen) atoms. The Morgan fingerprint density at radius 3 is 2.78 bits per heavy atom. The van der Waals surface area contributed by atoms with Crippen LogP contribution in [0.3, 0.4) is 0 Å². The van der Waals surface area contributed by atoms with Gasteiger partial charge in [-0.3, -0.25) is 9.69 Å². The SMILES string of the molecule is CC(CN1CCC[C@H]1C(=O)O)c1ccc(F)cc1. The lowest BCUT2D eigenvalue weighted by molar-refractivity contribution is -0.142. The maximum Gasteiger partial charge on any atom is 0.320 e. The Balaban J connectivity index is 2.00. The molecule has 1 N–H and O–H groups in total. The molecule has 98 valence electrons. The average Bonchev–Trinajstić information content (AvgIpc) is 2.78. The van der Waals surface area contributed by atoms with E-state index in [2.05, 4.69) is 0 Å². The highest BCUT2D eigenvalue weighted by atomic mass is 19.1. The van der Waals surface area contributed by atoms with Crippen molar-refractivity contribution in [2.75, 3.05) is 13.1 Å². The van der Waals surface area contributed by atoms with E-state index in [4.69, 9.17) is 5.11 Å². The molecule has 1 unspecified atom stereocenters. The zero-order valence-corrected chi connectivity index (χ0v) is 10.5. The summed E-state index contributed by atoms with van der Waals surface area (Å²) in [6.07, 6.45) is 1.67. The van der Waals surface area contributed by atoms with E-state index in [1.165, 1.54) is 12.1 Å². The topological polar surface area (TPSA) is 40.5 Å². The first kappa shape index (κ1) is 13.0. The minimum Gasteiger partial charge on any atom is -0.480 e. The fourth-order valence-corrected chi connectivity index (χ4v) is 2.57. The van der Waals surface area contributed by atoms with Crippen LogP contribution in [0.25, 0.3) is 0 Å². The molecule has 1 saturated heterocycles. The lowest BCUT2D eigenvalue weighted by atomic mass is 10.0. The molecular formula is C14H18FNO2. The average molecular weight is 251 g/mol. The molecule has 1 aromatic rings. The smallest absolute Gasteiger partial charge is 0.320 e. The number of carboxylic acids is 1. The number of halogens is 1. The van der Waals surface area contributed by atoms with Gasteiger partial charge < -0.3 is 5.11 Å². The van der Waals surface area contributed by atoms with E-state index in [1.807, 2.05) is 11.8 Å². The van der Waals surface area contributed by atoms with Gasteiger partial charge in [-0.2, -0.15) is 0 Å². The van der Waals surface area contributed by atoms with Gasteiger partial charge in [0.1, 0.15) is 11.9 Å². The summed E-state index contributed by atoms with van der Waals surface area (Å²) in [5.41, 5.74) is 1.05. The summed E-state index contributed by atoms with van der Waals surface area (Å²) in [4.78, 5) is 13.1. The van der Waals surface area contributed by atoms with Crippen molar-refractivity contribution in [2.24, 2.45) is 0 Å². The van der Waals surface area contributed by atoms with Crippen molar-refractivity contribution < 1.29 is 14.3 Å². The molecule has 1 aliphatic rings. The second kappa shape index (κ2) is 5.48. The molecule has 0 amide bonds. The van der Waals surface area contributed by atoms with Crippen molar-refractivity contribution in [1.29, 1.82) is 0 Å². The fraction of sp³-hybridized carbons (Fsp3) is 0.500. The predicted molar refractivity (Wildman–Crippen MR) is 67.0 cm³/mol. The van der Waals surface area contributed by atoms with Crippen molar-refractivity contribution in [2.45, 2.75) is 31.7 Å². The summed E-state index contributed by atoms with van der Waals surface area (Å²) < 4.78 is 12.8. The molecule has 0 aliphatic carbocycles. The molecule has 0 bridgehead atoms. The van der Waals surface area contributed by atoms with E-state index in [0.29, 0.717) is 6.54 Å². The van der Waals surface area contributed by atoms with E-state index in [9.17, 15) is 9.18 Å². The van der Waals surface area contributed by atoms with Gasteiger partial charge in [-0.25, -0.2) is 4.39 Å². The van der Waals surface area contributed by atoms with Crippen LogP contribution in [-0.2, 0) is 4.79 Å². The van der Waals surface area contributed by atoms with Crippen molar-refractivity contribution >= 4 is 5.97 Å². The first-order chi connectivity index (χ1) is 8.58. The van der Waals surface area contributed by atoms with Gasteiger partial charge >= 0.3 is 5.97 Å². The van der Waals surface area contributed by atoms with Gasteiger partial charge in [-0.1, -0.05) is 19.1 Å². The number of rotatable bonds is 4. The van der Waals surface area contributed by atoms with Crippen LogP contribution in [0.15, 0.2) is 24.3 Å². The molecule has 3 nitrogen and oxygen atoms in total. The lowest BCUT2D eigenvalue weighted by Crippen LogP contribution is -2.38. The van der Waals surface area contributed by atoms with Crippen LogP contribution in [-0.4, -0.2) is 35.1 Å². The molecule has 1 heterocycles. The minimum atomic E-state index is -0.737. The van der Waals surface area contributed by atoms with Crippen molar-refractivity contribution in [3.05, 3.63) is 35.6 Å². The molecule has 0 radical (unpaired) electrons. The zero-order valence-electron chi connectivity index (χ0n) is 10.5.